The molecule has 0 aliphatic carbocycles. The van der Waals surface area contributed by atoms with E-state index < -0.39 is 77.1 Å². The van der Waals surface area contributed by atoms with Crippen molar-refractivity contribution in [3.05, 3.63) is 35.9 Å². The molecule has 0 unspecified atom stereocenters. The molecule has 2 heterocycles. The van der Waals surface area contributed by atoms with Crippen LogP contribution in [0.4, 0.5) is 0 Å². The summed E-state index contributed by atoms with van der Waals surface area (Å²) in [5.74, 6) is -3.16. The first-order valence-corrected chi connectivity index (χ1v) is 13.4. The van der Waals surface area contributed by atoms with Gasteiger partial charge >= 0.3 is 0 Å². The van der Waals surface area contributed by atoms with E-state index in [1.54, 1.807) is 44.2 Å². The fraction of sp³-hybridized carbons (Fsp3) is 0.560. The van der Waals surface area contributed by atoms with Crippen LogP contribution in [0.2, 0.25) is 0 Å². The summed E-state index contributed by atoms with van der Waals surface area (Å²) >= 11 is 12.8. The molecule has 2 saturated heterocycles. The molecule has 0 saturated carbocycles. The number of aliphatic hydroxyl groups excluding tert-OH is 1. The lowest BCUT2D eigenvalue weighted by molar-refractivity contribution is -0.142. The zero-order valence-corrected chi connectivity index (χ0v) is 22.7. The maximum atomic E-state index is 13.5. The first kappa shape index (κ1) is 29.7. The fourth-order valence-corrected chi connectivity index (χ4v) is 5.17. The van der Waals surface area contributed by atoms with Crippen molar-refractivity contribution in [2.75, 3.05) is 13.2 Å². The van der Waals surface area contributed by atoms with Crippen molar-refractivity contribution < 1.29 is 29.1 Å². The van der Waals surface area contributed by atoms with Gasteiger partial charge in [0.1, 0.15) is 24.2 Å². The molecule has 13 heteroatoms. The molecule has 38 heavy (non-hydrogen) atoms. The monoisotopic (exact) mass is 569 g/mol. The average Bonchev–Trinajstić information content (AvgIpc) is 3.21. The molecular weight excluding hydrogens is 537 g/mol. The number of halogens is 2. The largest absolute Gasteiger partial charge is 0.394 e. The third kappa shape index (κ3) is 6.75. The van der Waals surface area contributed by atoms with E-state index in [1.807, 2.05) is 0 Å². The van der Waals surface area contributed by atoms with Crippen molar-refractivity contribution in [1.29, 1.82) is 0 Å². The van der Waals surface area contributed by atoms with E-state index in [1.165, 1.54) is 4.90 Å². The number of aliphatic hydroxyl groups is 1. The SMILES string of the molecule is CC[C@@H]1NC(=O)[C@@H]2[C@@H](Cl)[C@@H](Cl)CN2C(=O)[C@H](CC)NC(=O)C[C@H](c2ccccc2)NC(=O)[C@H](CO)NC1=O. The minimum absolute atomic E-state index is 0.0166. The van der Waals surface area contributed by atoms with Gasteiger partial charge in [-0.15, -0.1) is 23.2 Å². The van der Waals surface area contributed by atoms with Gasteiger partial charge in [-0.05, 0) is 18.4 Å². The second-order valence-corrected chi connectivity index (χ2v) is 10.4. The Morgan fingerprint density at radius 1 is 0.842 bits per heavy atom. The van der Waals surface area contributed by atoms with E-state index in [2.05, 4.69) is 21.3 Å². The number of nitrogens with zero attached hydrogens (tertiary/aromatic N) is 1. The minimum Gasteiger partial charge on any atom is -0.394 e. The lowest BCUT2D eigenvalue weighted by atomic mass is 10.0. The number of alkyl halides is 2. The molecule has 5 amide bonds. The summed E-state index contributed by atoms with van der Waals surface area (Å²) in [6.07, 6.45) is 0.170. The summed E-state index contributed by atoms with van der Waals surface area (Å²) in [5, 5.41) is 18.6. The van der Waals surface area contributed by atoms with Crippen LogP contribution in [0.15, 0.2) is 30.3 Å². The van der Waals surface area contributed by atoms with Gasteiger partial charge in [0.25, 0.3) is 0 Å². The lowest BCUT2D eigenvalue weighted by Gasteiger charge is -2.31. The molecule has 0 aromatic heterocycles. The van der Waals surface area contributed by atoms with Gasteiger partial charge in [0.2, 0.25) is 29.5 Å². The number of carbonyl (C=O) groups is 5. The Hall–Kier alpha value is -2.89. The van der Waals surface area contributed by atoms with Crippen LogP contribution >= 0.6 is 23.2 Å². The van der Waals surface area contributed by atoms with Crippen LogP contribution in [-0.2, 0) is 24.0 Å². The van der Waals surface area contributed by atoms with Gasteiger partial charge in [-0.1, -0.05) is 44.2 Å². The van der Waals surface area contributed by atoms with Crippen molar-refractivity contribution in [3.63, 3.8) is 0 Å². The van der Waals surface area contributed by atoms with Gasteiger partial charge in [-0.2, -0.15) is 0 Å². The summed E-state index contributed by atoms with van der Waals surface area (Å²) in [6, 6.07) is 3.36. The second kappa shape index (κ2) is 13.3. The van der Waals surface area contributed by atoms with E-state index in [0.29, 0.717) is 5.56 Å². The van der Waals surface area contributed by atoms with Crippen LogP contribution in [0, 0.1) is 0 Å². The van der Waals surface area contributed by atoms with Crippen LogP contribution in [-0.4, -0.2) is 87.6 Å². The number of hydrogen-bond donors (Lipinski definition) is 5. The Kier molecular flexibility index (Phi) is 10.3. The van der Waals surface area contributed by atoms with Crippen molar-refractivity contribution in [1.82, 2.24) is 26.2 Å². The van der Waals surface area contributed by atoms with Gasteiger partial charge in [0.05, 0.1) is 29.8 Å². The van der Waals surface area contributed by atoms with E-state index >= 15 is 0 Å². The molecule has 0 bridgehead atoms. The van der Waals surface area contributed by atoms with Gasteiger partial charge in [-0.3, -0.25) is 24.0 Å². The van der Waals surface area contributed by atoms with Crippen molar-refractivity contribution in [2.24, 2.45) is 0 Å². The molecule has 11 nitrogen and oxygen atoms in total. The summed E-state index contributed by atoms with van der Waals surface area (Å²) in [7, 11) is 0. The number of hydrogen-bond acceptors (Lipinski definition) is 6. The molecule has 2 aliphatic heterocycles. The van der Waals surface area contributed by atoms with Crippen molar-refractivity contribution >= 4 is 52.7 Å². The first-order valence-electron chi connectivity index (χ1n) is 12.6. The summed E-state index contributed by atoms with van der Waals surface area (Å²) < 4.78 is 0. The normalized spacial score (nSPS) is 31.7. The van der Waals surface area contributed by atoms with Crippen LogP contribution in [0.25, 0.3) is 0 Å². The van der Waals surface area contributed by atoms with Gasteiger partial charge in [0, 0.05) is 6.54 Å². The van der Waals surface area contributed by atoms with E-state index in [-0.39, 0.29) is 25.8 Å². The van der Waals surface area contributed by atoms with E-state index in [4.69, 9.17) is 23.2 Å². The molecular formula is C25H33Cl2N5O6. The van der Waals surface area contributed by atoms with Crippen LogP contribution in [0.1, 0.15) is 44.7 Å². The number of rotatable bonds is 4. The van der Waals surface area contributed by atoms with Crippen LogP contribution < -0.4 is 21.3 Å². The molecule has 2 fully saturated rings. The highest BCUT2D eigenvalue weighted by atomic mass is 35.5. The predicted molar refractivity (Wildman–Crippen MR) is 140 cm³/mol. The van der Waals surface area contributed by atoms with Gasteiger partial charge < -0.3 is 31.3 Å². The second-order valence-electron chi connectivity index (χ2n) is 9.31. The Balaban J connectivity index is 2.00. The third-order valence-electron chi connectivity index (χ3n) is 6.71. The topological polar surface area (TPSA) is 157 Å². The molecule has 2 aliphatic rings. The highest BCUT2D eigenvalue weighted by Crippen LogP contribution is 2.29. The molecule has 5 N–H and O–H groups in total. The predicted octanol–water partition coefficient (Wildman–Crippen LogP) is -0.0601. The zero-order chi connectivity index (χ0) is 28.0. The van der Waals surface area contributed by atoms with E-state index in [9.17, 15) is 29.1 Å². The van der Waals surface area contributed by atoms with E-state index in [0.717, 1.165) is 0 Å². The zero-order valence-electron chi connectivity index (χ0n) is 21.2. The Morgan fingerprint density at radius 3 is 2.05 bits per heavy atom. The molecule has 3 rings (SSSR count). The Morgan fingerprint density at radius 2 is 1.45 bits per heavy atom. The van der Waals surface area contributed by atoms with Gasteiger partial charge in [0.15, 0.2) is 0 Å². The molecule has 1 aromatic carbocycles. The maximum Gasteiger partial charge on any atom is 0.245 e. The average molecular weight is 570 g/mol. The smallest absolute Gasteiger partial charge is 0.245 e. The molecule has 7 atom stereocenters. The first-order chi connectivity index (χ1) is 18.1. The summed E-state index contributed by atoms with van der Waals surface area (Å²) in [5.41, 5.74) is 0.618. The molecule has 208 valence electrons. The number of fused-ring (bicyclic) bond motifs is 1. The van der Waals surface area contributed by atoms with Crippen LogP contribution in [0.3, 0.4) is 0 Å². The Bertz CT molecular complexity index is 1040. The molecule has 0 radical (unpaired) electrons. The van der Waals surface area contributed by atoms with Crippen molar-refractivity contribution in [3.8, 4) is 0 Å². The quantitative estimate of drug-likeness (QED) is 0.320. The number of nitrogens with one attached hydrogen (secondary N) is 4. The standard InChI is InChI=1S/C25H33Cl2N5O6/c1-3-15-22(35)31-18(12-33)23(36)30-17(13-8-6-5-7-9-13)10-19(34)28-16(4-2)25(38)32-11-14(26)20(27)21(32)24(37)29-15/h5-9,14-18,20-21,33H,3-4,10-12H2,1-2H3,(H,28,34)(H,29,37)(H,30,36)(H,31,35)/t14-,15-,16-,17+,18-,20-,21-/m0/s1. The lowest BCUT2D eigenvalue weighted by Crippen LogP contribution is -2.60. The minimum atomic E-state index is -1.34. The fourth-order valence-electron chi connectivity index (χ4n) is 4.55. The van der Waals surface area contributed by atoms with Gasteiger partial charge in [-0.25, -0.2) is 0 Å². The van der Waals surface area contributed by atoms with Crippen molar-refractivity contribution in [2.45, 2.75) is 74.1 Å². The highest BCUT2D eigenvalue weighted by Gasteiger charge is 2.48. The maximum absolute atomic E-state index is 13.5. The Labute approximate surface area is 231 Å². The third-order valence-corrected chi connectivity index (χ3v) is 7.79. The molecule has 0 spiro atoms. The summed E-state index contributed by atoms with van der Waals surface area (Å²) in [4.78, 5) is 67.0. The van der Waals surface area contributed by atoms with Crippen LogP contribution in [0.5, 0.6) is 0 Å². The number of amides is 5. The molecule has 1 aromatic rings. The number of benzene rings is 1. The number of carbonyl (C=O) groups excluding carboxylic acids is 5. The summed E-state index contributed by atoms with van der Waals surface area (Å²) in [6.45, 7) is 2.64. The highest BCUT2D eigenvalue weighted by molar-refractivity contribution is 6.32.